The first-order chi connectivity index (χ1) is 13.5. The van der Waals surface area contributed by atoms with Crippen molar-refractivity contribution in [3.05, 3.63) is 39.0 Å². The monoisotopic (exact) mass is 489 g/mol. The highest BCUT2D eigenvalue weighted by molar-refractivity contribution is 9.10. The van der Waals surface area contributed by atoms with Crippen molar-refractivity contribution < 1.29 is 18.3 Å². The second-order valence-electron chi connectivity index (χ2n) is 5.26. The average Bonchev–Trinajstić information content (AvgIpc) is 3.27. The zero-order valence-corrected chi connectivity index (χ0v) is 17.6. The molecule has 13 heteroatoms. The molecule has 0 radical (unpaired) electrons. The quantitative estimate of drug-likeness (QED) is 0.375. The molecule has 0 aliphatic rings. The van der Waals surface area contributed by atoms with Crippen molar-refractivity contribution in [1.82, 2.24) is 25.4 Å². The van der Waals surface area contributed by atoms with Gasteiger partial charge in [-0.05, 0) is 50.7 Å². The lowest BCUT2D eigenvalue weighted by Gasteiger charge is -2.05. The zero-order chi connectivity index (χ0) is 20.1. The fourth-order valence-electron chi connectivity index (χ4n) is 2.18. The maximum absolute atomic E-state index is 13.5. The van der Waals surface area contributed by atoms with Crippen molar-refractivity contribution in [2.45, 2.75) is 5.03 Å². The topological polar surface area (TPSA) is 116 Å². The second kappa shape index (κ2) is 9.39. The number of carbonyl (C=O) groups is 1. The molecule has 28 heavy (non-hydrogen) atoms. The van der Waals surface area contributed by atoms with E-state index in [1.54, 1.807) is 0 Å². The summed E-state index contributed by atoms with van der Waals surface area (Å²) < 4.78 is 24.4. The number of carbonyl (C=O) groups excluding carboxylic acids is 1. The summed E-state index contributed by atoms with van der Waals surface area (Å²) in [4.78, 5) is 23.6. The molecule has 0 aliphatic heterocycles. The Kier molecular flexibility index (Phi) is 6.91. The van der Waals surface area contributed by atoms with Crippen LogP contribution in [0.4, 0.5) is 4.39 Å². The Morgan fingerprint density at radius 2 is 2.18 bits per heavy atom. The van der Waals surface area contributed by atoms with Gasteiger partial charge >= 0.3 is 5.76 Å². The molecule has 2 heterocycles. The van der Waals surface area contributed by atoms with Crippen LogP contribution in [0.3, 0.4) is 0 Å². The van der Waals surface area contributed by atoms with Gasteiger partial charge in [-0.25, -0.2) is 18.4 Å². The molecule has 0 aliphatic carbocycles. The highest BCUT2D eigenvalue weighted by atomic mass is 79.9. The molecule has 1 N–H and O–H groups in total. The number of rotatable bonds is 8. The van der Waals surface area contributed by atoms with Gasteiger partial charge in [0.15, 0.2) is 10.7 Å². The summed E-state index contributed by atoms with van der Waals surface area (Å²) in [5.74, 6) is -0.335. The number of nitrogens with zero attached hydrogens (tertiary/aromatic N) is 4. The molecule has 0 spiro atoms. The van der Waals surface area contributed by atoms with Crippen LogP contribution in [0.5, 0.6) is 0 Å². The molecule has 2 aromatic heterocycles. The molecule has 0 fully saturated rings. The maximum atomic E-state index is 13.5. The Morgan fingerprint density at radius 3 is 2.93 bits per heavy atom. The number of amides is 1. The van der Waals surface area contributed by atoms with Gasteiger partial charge in [-0.1, -0.05) is 16.9 Å². The van der Waals surface area contributed by atoms with Crippen LogP contribution in [-0.4, -0.2) is 50.3 Å². The minimum atomic E-state index is -0.767. The molecule has 0 atom stereocenters. The van der Waals surface area contributed by atoms with Crippen LogP contribution in [0, 0.1) is 5.82 Å². The molecule has 1 aromatic carbocycles. The third-order valence-corrected chi connectivity index (χ3v) is 5.48. The van der Waals surface area contributed by atoms with E-state index in [0.29, 0.717) is 28.8 Å². The Morgan fingerprint density at radius 1 is 1.36 bits per heavy atom. The van der Waals surface area contributed by atoms with Crippen molar-refractivity contribution in [2.75, 3.05) is 24.3 Å². The minimum Gasteiger partial charge on any atom is -0.355 e. The highest BCUT2D eigenvalue weighted by Crippen LogP contribution is 2.28. The number of hydrogen-bond acceptors (Lipinski definition) is 9. The third-order valence-electron chi connectivity index (χ3n) is 3.37. The molecule has 0 bridgehead atoms. The third kappa shape index (κ3) is 4.64. The fraction of sp³-hybridized carbons (Fsp3) is 0.267. The van der Waals surface area contributed by atoms with Crippen LogP contribution in [0.1, 0.15) is 0 Å². The lowest BCUT2D eigenvalue weighted by molar-refractivity contribution is -0.118. The van der Waals surface area contributed by atoms with Crippen LogP contribution in [0.2, 0.25) is 0 Å². The Balaban J connectivity index is 1.81. The lowest BCUT2D eigenvalue weighted by Crippen LogP contribution is -2.27. The van der Waals surface area contributed by atoms with Crippen molar-refractivity contribution in [2.24, 2.45) is 0 Å². The summed E-state index contributed by atoms with van der Waals surface area (Å²) in [6, 6.07) is 4.03. The van der Waals surface area contributed by atoms with Gasteiger partial charge in [-0.2, -0.15) is 11.8 Å². The van der Waals surface area contributed by atoms with Gasteiger partial charge in [0.1, 0.15) is 5.82 Å². The Bertz CT molecular complexity index is 1040. The predicted octanol–water partition coefficient (Wildman–Crippen LogP) is 2.35. The number of thioether (sulfide) groups is 2. The Labute approximate surface area is 174 Å². The van der Waals surface area contributed by atoms with Gasteiger partial charge in [-0.15, -0.1) is 0 Å². The molecule has 148 valence electrons. The maximum Gasteiger partial charge on any atom is 0.446 e. The molecular formula is C15H13BrFN5O4S2. The van der Waals surface area contributed by atoms with Gasteiger partial charge in [0.2, 0.25) is 11.7 Å². The lowest BCUT2D eigenvalue weighted by atomic mass is 10.3. The number of hydrogen-bond donors (Lipinski definition) is 1. The van der Waals surface area contributed by atoms with E-state index in [0.717, 1.165) is 4.57 Å². The van der Waals surface area contributed by atoms with Gasteiger partial charge in [0, 0.05) is 12.3 Å². The molecule has 0 saturated heterocycles. The summed E-state index contributed by atoms with van der Waals surface area (Å²) in [5, 5.41) is 14.5. The zero-order valence-electron chi connectivity index (χ0n) is 14.3. The van der Waals surface area contributed by atoms with E-state index < -0.39 is 11.6 Å². The van der Waals surface area contributed by atoms with Gasteiger partial charge in [0.25, 0.3) is 0 Å². The molecule has 3 aromatic rings. The summed E-state index contributed by atoms with van der Waals surface area (Å²) in [6.07, 6.45) is 1.85. The normalized spacial score (nSPS) is 11.0. The van der Waals surface area contributed by atoms with Gasteiger partial charge in [0.05, 0.1) is 15.9 Å². The van der Waals surface area contributed by atoms with Crippen LogP contribution < -0.4 is 11.1 Å². The second-order valence-corrected chi connectivity index (χ2v) is 8.06. The summed E-state index contributed by atoms with van der Waals surface area (Å²) in [5.41, 5.74) is 0.532. The Hall–Kier alpha value is -2.12. The summed E-state index contributed by atoms with van der Waals surface area (Å²) in [7, 11) is 0. The van der Waals surface area contributed by atoms with Crippen molar-refractivity contribution in [3.8, 4) is 17.2 Å². The SMILES string of the molecule is CSCC(=O)NCCSc1nonc1-c1noc(=O)n1-c1ccc(F)c(Br)c1. The van der Waals surface area contributed by atoms with Crippen molar-refractivity contribution in [1.29, 1.82) is 0 Å². The van der Waals surface area contributed by atoms with E-state index in [-0.39, 0.29) is 21.9 Å². The predicted molar refractivity (Wildman–Crippen MR) is 105 cm³/mol. The number of aromatic nitrogens is 4. The first-order valence-corrected chi connectivity index (χ1v) is 10.9. The van der Waals surface area contributed by atoms with Gasteiger partial charge in [-0.3, -0.25) is 9.32 Å². The molecular weight excluding hydrogens is 477 g/mol. The molecule has 0 unspecified atom stereocenters. The van der Waals surface area contributed by atoms with Crippen LogP contribution in [-0.2, 0) is 4.79 Å². The molecule has 0 saturated carbocycles. The molecule has 1 amide bonds. The smallest absolute Gasteiger partial charge is 0.355 e. The summed E-state index contributed by atoms with van der Waals surface area (Å²) >= 11 is 5.79. The van der Waals surface area contributed by atoms with Crippen LogP contribution in [0.15, 0.2) is 41.6 Å². The van der Waals surface area contributed by atoms with E-state index in [9.17, 15) is 14.0 Å². The minimum absolute atomic E-state index is 0.0566. The van der Waals surface area contributed by atoms with E-state index in [4.69, 9.17) is 9.15 Å². The molecule has 9 nitrogen and oxygen atoms in total. The number of nitrogens with one attached hydrogen (secondary N) is 1. The van der Waals surface area contributed by atoms with Gasteiger partial charge < -0.3 is 5.32 Å². The number of benzene rings is 1. The summed E-state index contributed by atoms with van der Waals surface area (Å²) in [6.45, 7) is 0.424. The average molecular weight is 490 g/mol. The van der Waals surface area contributed by atoms with E-state index >= 15 is 0 Å². The van der Waals surface area contributed by atoms with Crippen LogP contribution in [0.25, 0.3) is 17.2 Å². The first-order valence-electron chi connectivity index (χ1n) is 7.76. The molecule has 3 rings (SSSR count). The standard InChI is InChI=1S/C15H13BrFN5O4S2/c1-27-7-11(23)18-4-5-28-14-12(19-26-21-14)13-20-25-15(24)22(13)8-2-3-10(17)9(16)6-8/h2-3,6H,4-5,7H2,1H3,(H,18,23). The van der Waals surface area contributed by atoms with Crippen LogP contribution >= 0.6 is 39.5 Å². The highest BCUT2D eigenvalue weighted by Gasteiger charge is 2.23. The van der Waals surface area contributed by atoms with E-state index in [1.165, 1.54) is 41.7 Å². The van der Waals surface area contributed by atoms with E-state index in [1.807, 2.05) is 6.26 Å². The number of halogens is 2. The van der Waals surface area contributed by atoms with Crippen molar-refractivity contribution in [3.63, 3.8) is 0 Å². The largest absolute Gasteiger partial charge is 0.446 e. The van der Waals surface area contributed by atoms with E-state index in [2.05, 4.69) is 36.7 Å². The van der Waals surface area contributed by atoms with Crippen molar-refractivity contribution >= 4 is 45.4 Å². The first kappa shape index (κ1) is 20.6. The fourth-order valence-corrected chi connectivity index (χ4v) is 3.66.